The van der Waals surface area contributed by atoms with E-state index in [2.05, 4.69) is 32.9 Å². The molecule has 1 aromatic heterocycles. The highest BCUT2D eigenvalue weighted by atomic mass is 16.1. The second kappa shape index (κ2) is 4.69. The lowest BCUT2D eigenvalue weighted by Crippen LogP contribution is -2.12. The summed E-state index contributed by atoms with van der Waals surface area (Å²) >= 11 is 0. The van der Waals surface area contributed by atoms with Crippen LogP contribution in [0.25, 0.3) is 0 Å². The molecule has 0 unspecified atom stereocenters. The summed E-state index contributed by atoms with van der Waals surface area (Å²) in [5.41, 5.74) is 10.9. The van der Waals surface area contributed by atoms with Crippen molar-refractivity contribution in [2.24, 2.45) is 0 Å². The van der Waals surface area contributed by atoms with E-state index in [1.54, 1.807) is 12.4 Å². The summed E-state index contributed by atoms with van der Waals surface area (Å²) in [5, 5.41) is 0. The van der Waals surface area contributed by atoms with Gasteiger partial charge in [0.05, 0.1) is 5.69 Å². The normalized spacial score (nSPS) is 10.6. The fourth-order valence-electron chi connectivity index (χ4n) is 2.29. The average molecular weight is 242 g/mol. The quantitative estimate of drug-likeness (QED) is 0.879. The molecule has 2 rings (SSSR count). The summed E-state index contributed by atoms with van der Waals surface area (Å²) in [6.45, 7) is 7.06. The first-order chi connectivity index (χ1) is 8.47. The molecular formula is C15H18N2O. The molecule has 3 nitrogen and oxygen atoms in total. The van der Waals surface area contributed by atoms with Crippen LogP contribution in [-0.4, -0.2) is 4.57 Å². The molecular weight excluding hydrogens is 224 g/mol. The van der Waals surface area contributed by atoms with Gasteiger partial charge in [0.1, 0.15) is 0 Å². The number of pyridine rings is 1. The van der Waals surface area contributed by atoms with E-state index in [1.807, 2.05) is 4.57 Å². The Morgan fingerprint density at radius 3 is 2.33 bits per heavy atom. The Kier molecular flexibility index (Phi) is 3.24. The van der Waals surface area contributed by atoms with Crippen LogP contribution in [0.15, 0.2) is 35.4 Å². The van der Waals surface area contributed by atoms with Crippen molar-refractivity contribution >= 4 is 5.69 Å². The van der Waals surface area contributed by atoms with Crippen LogP contribution in [-0.2, 0) is 6.54 Å². The number of nitrogens with two attached hydrogens (primary N) is 1. The minimum Gasteiger partial charge on any atom is -0.394 e. The summed E-state index contributed by atoms with van der Waals surface area (Å²) < 4.78 is 1.95. The van der Waals surface area contributed by atoms with Crippen LogP contribution in [0, 0.1) is 20.8 Å². The van der Waals surface area contributed by atoms with Crippen LogP contribution in [0.1, 0.15) is 22.3 Å². The van der Waals surface area contributed by atoms with Crippen LogP contribution in [0.2, 0.25) is 0 Å². The number of anilines is 1. The number of rotatable bonds is 2. The summed E-state index contributed by atoms with van der Waals surface area (Å²) in [5.74, 6) is 0. The molecule has 0 saturated carbocycles. The third-order valence-electron chi connectivity index (χ3n) is 3.19. The summed E-state index contributed by atoms with van der Waals surface area (Å²) in [6.07, 6.45) is 3.47. The largest absolute Gasteiger partial charge is 0.394 e. The Hall–Kier alpha value is -2.03. The molecule has 94 valence electrons. The number of aromatic nitrogens is 1. The van der Waals surface area contributed by atoms with E-state index < -0.39 is 0 Å². The van der Waals surface area contributed by atoms with Gasteiger partial charge < -0.3 is 10.3 Å². The van der Waals surface area contributed by atoms with Gasteiger partial charge in [-0.2, -0.15) is 0 Å². The smallest absolute Gasteiger partial charge is 0.204 e. The van der Waals surface area contributed by atoms with Gasteiger partial charge in [-0.25, -0.2) is 0 Å². The molecule has 3 heteroatoms. The Bertz CT molecular complexity index is 618. The highest BCUT2D eigenvalue weighted by molar-refractivity contribution is 5.39. The van der Waals surface area contributed by atoms with Crippen molar-refractivity contribution in [1.29, 1.82) is 0 Å². The zero-order valence-electron chi connectivity index (χ0n) is 11.0. The first kappa shape index (κ1) is 12.4. The molecule has 0 atom stereocenters. The van der Waals surface area contributed by atoms with Crippen LogP contribution < -0.4 is 11.2 Å². The second-order valence-corrected chi connectivity index (χ2v) is 4.81. The lowest BCUT2D eigenvalue weighted by Gasteiger charge is -2.13. The van der Waals surface area contributed by atoms with E-state index in [0.717, 1.165) is 6.54 Å². The summed E-state index contributed by atoms with van der Waals surface area (Å²) in [4.78, 5) is 11.3. The van der Waals surface area contributed by atoms with E-state index >= 15 is 0 Å². The highest BCUT2D eigenvalue weighted by Gasteiger charge is 2.05. The highest BCUT2D eigenvalue weighted by Crippen LogP contribution is 2.17. The lowest BCUT2D eigenvalue weighted by molar-refractivity contribution is 0.780. The molecule has 0 fully saturated rings. The molecule has 0 amide bonds. The molecule has 0 aliphatic heterocycles. The molecule has 0 radical (unpaired) electrons. The standard InChI is InChI=1S/C15H18N2O/c1-10-6-11(2)13(12(3)7-10)8-17-5-4-15(18)14(16)9-17/h4-7,9H,8,16H2,1-3H3. The summed E-state index contributed by atoms with van der Waals surface area (Å²) in [7, 11) is 0. The zero-order valence-corrected chi connectivity index (χ0v) is 11.0. The van der Waals surface area contributed by atoms with Crippen molar-refractivity contribution in [3.05, 3.63) is 63.1 Å². The number of hydrogen-bond acceptors (Lipinski definition) is 2. The fourth-order valence-corrected chi connectivity index (χ4v) is 2.29. The molecule has 0 saturated heterocycles. The first-order valence-corrected chi connectivity index (χ1v) is 5.99. The molecule has 2 N–H and O–H groups in total. The third kappa shape index (κ3) is 2.45. The first-order valence-electron chi connectivity index (χ1n) is 5.99. The Balaban J connectivity index is 2.40. The van der Waals surface area contributed by atoms with Crippen molar-refractivity contribution in [3.8, 4) is 0 Å². The van der Waals surface area contributed by atoms with E-state index in [0.29, 0.717) is 5.69 Å². The van der Waals surface area contributed by atoms with Gasteiger partial charge in [0.2, 0.25) is 5.43 Å². The van der Waals surface area contributed by atoms with E-state index in [4.69, 9.17) is 5.73 Å². The van der Waals surface area contributed by atoms with Crippen LogP contribution in [0.3, 0.4) is 0 Å². The van der Waals surface area contributed by atoms with E-state index in [1.165, 1.54) is 28.3 Å². The average Bonchev–Trinajstić information content (AvgIpc) is 2.28. The molecule has 1 heterocycles. The van der Waals surface area contributed by atoms with Crippen LogP contribution in [0.4, 0.5) is 5.69 Å². The van der Waals surface area contributed by atoms with Gasteiger partial charge in [0.15, 0.2) is 0 Å². The predicted molar refractivity (Wildman–Crippen MR) is 74.9 cm³/mol. The van der Waals surface area contributed by atoms with Gasteiger partial charge in [0, 0.05) is 25.0 Å². The molecule has 0 bridgehead atoms. The van der Waals surface area contributed by atoms with Crippen molar-refractivity contribution in [3.63, 3.8) is 0 Å². The number of nitrogen functional groups attached to an aromatic ring is 1. The Morgan fingerprint density at radius 1 is 1.17 bits per heavy atom. The number of nitrogens with zero attached hydrogens (tertiary/aromatic N) is 1. The third-order valence-corrected chi connectivity index (χ3v) is 3.19. The van der Waals surface area contributed by atoms with Gasteiger partial charge in [0.25, 0.3) is 0 Å². The fraction of sp³-hybridized carbons (Fsp3) is 0.267. The number of benzene rings is 1. The van der Waals surface area contributed by atoms with Crippen molar-refractivity contribution in [1.82, 2.24) is 4.57 Å². The molecule has 0 spiro atoms. The Labute approximate surface area is 107 Å². The monoisotopic (exact) mass is 242 g/mol. The molecule has 18 heavy (non-hydrogen) atoms. The van der Waals surface area contributed by atoms with Gasteiger partial charge in [-0.1, -0.05) is 17.7 Å². The number of hydrogen-bond donors (Lipinski definition) is 1. The topological polar surface area (TPSA) is 48.0 Å². The minimum absolute atomic E-state index is 0.122. The predicted octanol–water partition coefficient (Wildman–Crippen LogP) is 2.40. The van der Waals surface area contributed by atoms with Crippen LogP contribution in [0.5, 0.6) is 0 Å². The van der Waals surface area contributed by atoms with Gasteiger partial charge in [-0.05, 0) is 37.5 Å². The molecule has 0 aliphatic carbocycles. The minimum atomic E-state index is -0.122. The van der Waals surface area contributed by atoms with Gasteiger partial charge in [-0.15, -0.1) is 0 Å². The van der Waals surface area contributed by atoms with Crippen molar-refractivity contribution in [2.45, 2.75) is 27.3 Å². The van der Waals surface area contributed by atoms with Crippen LogP contribution >= 0.6 is 0 Å². The lowest BCUT2D eigenvalue weighted by atomic mass is 10.00. The van der Waals surface area contributed by atoms with Gasteiger partial charge >= 0.3 is 0 Å². The molecule has 1 aromatic carbocycles. The van der Waals surface area contributed by atoms with E-state index in [-0.39, 0.29) is 5.43 Å². The zero-order chi connectivity index (χ0) is 13.3. The molecule has 2 aromatic rings. The van der Waals surface area contributed by atoms with Gasteiger partial charge in [-0.3, -0.25) is 4.79 Å². The van der Waals surface area contributed by atoms with E-state index in [9.17, 15) is 4.79 Å². The molecule has 0 aliphatic rings. The van der Waals surface area contributed by atoms with Crippen molar-refractivity contribution in [2.75, 3.05) is 5.73 Å². The SMILES string of the molecule is Cc1cc(C)c(Cn2ccc(=O)c(N)c2)c(C)c1. The van der Waals surface area contributed by atoms with Crippen molar-refractivity contribution < 1.29 is 0 Å². The summed E-state index contributed by atoms with van der Waals surface area (Å²) in [6, 6.07) is 5.86. The maximum absolute atomic E-state index is 11.3. The maximum atomic E-state index is 11.3. The maximum Gasteiger partial charge on any atom is 0.204 e. The second-order valence-electron chi connectivity index (χ2n) is 4.81. The Morgan fingerprint density at radius 2 is 1.78 bits per heavy atom. The number of aryl methyl sites for hydroxylation is 3.